The first-order chi connectivity index (χ1) is 9.74. The zero-order chi connectivity index (χ0) is 14.4. The molecule has 0 fully saturated rings. The molecule has 20 heavy (non-hydrogen) atoms. The van der Waals surface area contributed by atoms with Crippen LogP contribution < -0.4 is 10.1 Å². The van der Waals surface area contributed by atoms with Crippen molar-refractivity contribution in [2.75, 3.05) is 20.7 Å². The molecule has 2 rings (SSSR count). The Balaban J connectivity index is 2.27. The Hall–Kier alpha value is -1.80. The molecule has 0 aromatic heterocycles. The van der Waals surface area contributed by atoms with Crippen LogP contribution in [0, 0.1) is 6.92 Å². The molecule has 1 unspecified atom stereocenters. The molecule has 0 amide bonds. The summed E-state index contributed by atoms with van der Waals surface area (Å²) in [6.45, 7) is 3.13. The number of benzene rings is 2. The van der Waals surface area contributed by atoms with Crippen LogP contribution in [0.1, 0.15) is 29.0 Å². The predicted molar refractivity (Wildman–Crippen MR) is 84.6 cm³/mol. The molecule has 0 bridgehead atoms. The van der Waals surface area contributed by atoms with Gasteiger partial charge in [0.15, 0.2) is 0 Å². The van der Waals surface area contributed by atoms with Gasteiger partial charge in [-0.25, -0.2) is 0 Å². The van der Waals surface area contributed by atoms with Gasteiger partial charge in [0.1, 0.15) is 5.75 Å². The molecule has 0 saturated carbocycles. The third-order valence-electron chi connectivity index (χ3n) is 3.68. The second-order valence-electron chi connectivity index (χ2n) is 5.13. The quantitative estimate of drug-likeness (QED) is 0.862. The van der Waals surface area contributed by atoms with E-state index >= 15 is 0 Å². The van der Waals surface area contributed by atoms with Crippen LogP contribution in [0.4, 0.5) is 0 Å². The molecule has 0 aliphatic rings. The fourth-order valence-electron chi connectivity index (χ4n) is 2.45. The van der Waals surface area contributed by atoms with Gasteiger partial charge in [-0.3, -0.25) is 0 Å². The Bertz CT molecular complexity index is 516. The Morgan fingerprint density at radius 3 is 2.00 bits per heavy atom. The molecule has 1 N–H and O–H groups in total. The number of hydrogen-bond donors (Lipinski definition) is 1. The minimum absolute atomic E-state index is 0.425. The van der Waals surface area contributed by atoms with Gasteiger partial charge < -0.3 is 10.1 Å². The summed E-state index contributed by atoms with van der Waals surface area (Å²) in [7, 11) is 3.70. The summed E-state index contributed by atoms with van der Waals surface area (Å²) in [4.78, 5) is 0. The Morgan fingerprint density at radius 1 is 0.950 bits per heavy atom. The van der Waals surface area contributed by atoms with Crippen molar-refractivity contribution in [3.05, 3.63) is 65.2 Å². The molecule has 2 nitrogen and oxygen atoms in total. The minimum atomic E-state index is 0.425. The van der Waals surface area contributed by atoms with Crippen molar-refractivity contribution in [1.82, 2.24) is 5.32 Å². The Labute approximate surface area is 121 Å². The summed E-state index contributed by atoms with van der Waals surface area (Å²) in [5, 5.41) is 3.25. The van der Waals surface area contributed by atoms with Crippen LogP contribution in [0.3, 0.4) is 0 Å². The van der Waals surface area contributed by atoms with E-state index < -0.39 is 0 Å². The third-order valence-corrected chi connectivity index (χ3v) is 3.68. The lowest BCUT2D eigenvalue weighted by Crippen LogP contribution is -2.13. The van der Waals surface area contributed by atoms with Crippen molar-refractivity contribution in [3.8, 4) is 5.75 Å². The summed E-state index contributed by atoms with van der Waals surface area (Å²) in [6, 6.07) is 17.3. The third kappa shape index (κ3) is 3.61. The standard InChI is InChI=1S/C18H23NO/c1-14-4-6-15(7-5-14)18(12-13-19-2)16-8-10-17(20-3)11-9-16/h4-11,18-19H,12-13H2,1-3H3. The number of nitrogens with one attached hydrogen (secondary N) is 1. The van der Waals surface area contributed by atoms with E-state index in [2.05, 4.69) is 48.6 Å². The number of rotatable bonds is 6. The minimum Gasteiger partial charge on any atom is -0.497 e. The highest BCUT2D eigenvalue weighted by atomic mass is 16.5. The van der Waals surface area contributed by atoms with Crippen molar-refractivity contribution >= 4 is 0 Å². The zero-order valence-corrected chi connectivity index (χ0v) is 12.5. The molecule has 0 radical (unpaired) electrons. The van der Waals surface area contributed by atoms with Crippen LogP contribution in [-0.2, 0) is 0 Å². The molecule has 0 heterocycles. The average Bonchev–Trinajstić information content (AvgIpc) is 2.50. The maximum absolute atomic E-state index is 5.24. The summed E-state index contributed by atoms with van der Waals surface area (Å²) < 4.78 is 5.24. The number of aryl methyl sites for hydroxylation is 1. The summed E-state index contributed by atoms with van der Waals surface area (Å²) in [6.07, 6.45) is 1.09. The molecule has 0 saturated heterocycles. The number of ether oxygens (including phenoxy) is 1. The second kappa shape index (κ2) is 7.11. The first-order valence-electron chi connectivity index (χ1n) is 7.09. The fraction of sp³-hybridized carbons (Fsp3) is 0.333. The largest absolute Gasteiger partial charge is 0.497 e. The molecule has 106 valence electrons. The Morgan fingerprint density at radius 2 is 1.50 bits per heavy atom. The van der Waals surface area contributed by atoms with E-state index in [4.69, 9.17) is 4.74 Å². The Kier molecular flexibility index (Phi) is 5.19. The van der Waals surface area contributed by atoms with E-state index in [9.17, 15) is 0 Å². The highest BCUT2D eigenvalue weighted by Crippen LogP contribution is 2.29. The predicted octanol–water partition coefficient (Wildman–Crippen LogP) is 3.75. The van der Waals surface area contributed by atoms with Gasteiger partial charge in [0, 0.05) is 5.92 Å². The molecular weight excluding hydrogens is 246 g/mol. The van der Waals surface area contributed by atoms with Gasteiger partial charge in [0.2, 0.25) is 0 Å². The lowest BCUT2D eigenvalue weighted by molar-refractivity contribution is 0.414. The number of methoxy groups -OCH3 is 1. The monoisotopic (exact) mass is 269 g/mol. The summed E-state index contributed by atoms with van der Waals surface area (Å²) >= 11 is 0. The van der Waals surface area contributed by atoms with Crippen molar-refractivity contribution in [3.63, 3.8) is 0 Å². The van der Waals surface area contributed by atoms with E-state index in [-0.39, 0.29) is 0 Å². The van der Waals surface area contributed by atoms with Gasteiger partial charge >= 0.3 is 0 Å². The van der Waals surface area contributed by atoms with E-state index in [0.717, 1.165) is 18.7 Å². The zero-order valence-electron chi connectivity index (χ0n) is 12.5. The van der Waals surface area contributed by atoms with Gasteiger partial charge in [-0.1, -0.05) is 42.0 Å². The van der Waals surface area contributed by atoms with Crippen molar-refractivity contribution < 1.29 is 4.74 Å². The topological polar surface area (TPSA) is 21.3 Å². The maximum atomic E-state index is 5.24. The van der Waals surface area contributed by atoms with Gasteiger partial charge in [-0.2, -0.15) is 0 Å². The molecule has 2 aromatic rings. The molecule has 2 heteroatoms. The highest BCUT2D eigenvalue weighted by Gasteiger charge is 2.13. The van der Waals surface area contributed by atoms with Crippen LogP contribution in [-0.4, -0.2) is 20.7 Å². The van der Waals surface area contributed by atoms with E-state index in [1.54, 1.807) is 7.11 Å². The molecule has 1 atom stereocenters. The van der Waals surface area contributed by atoms with Crippen LogP contribution in [0.15, 0.2) is 48.5 Å². The second-order valence-corrected chi connectivity index (χ2v) is 5.13. The molecular formula is C18H23NO. The smallest absolute Gasteiger partial charge is 0.118 e. The summed E-state index contributed by atoms with van der Waals surface area (Å²) in [5.74, 6) is 1.33. The summed E-state index contributed by atoms with van der Waals surface area (Å²) in [5.41, 5.74) is 4.01. The van der Waals surface area contributed by atoms with Gasteiger partial charge in [-0.05, 0) is 50.2 Å². The van der Waals surface area contributed by atoms with Crippen LogP contribution in [0.25, 0.3) is 0 Å². The van der Waals surface area contributed by atoms with Gasteiger partial charge in [0.25, 0.3) is 0 Å². The van der Waals surface area contributed by atoms with Crippen molar-refractivity contribution in [2.24, 2.45) is 0 Å². The van der Waals surface area contributed by atoms with E-state index in [0.29, 0.717) is 5.92 Å². The first kappa shape index (κ1) is 14.6. The van der Waals surface area contributed by atoms with E-state index in [1.807, 2.05) is 19.2 Å². The number of hydrogen-bond acceptors (Lipinski definition) is 2. The molecule has 2 aromatic carbocycles. The lowest BCUT2D eigenvalue weighted by atomic mass is 9.88. The normalized spacial score (nSPS) is 12.2. The fourth-order valence-corrected chi connectivity index (χ4v) is 2.45. The van der Waals surface area contributed by atoms with Crippen LogP contribution >= 0.6 is 0 Å². The van der Waals surface area contributed by atoms with Crippen LogP contribution in [0.2, 0.25) is 0 Å². The molecule has 0 aliphatic heterocycles. The lowest BCUT2D eigenvalue weighted by Gasteiger charge is -2.18. The molecule has 0 aliphatic carbocycles. The first-order valence-corrected chi connectivity index (χ1v) is 7.09. The average molecular weight is 269 g/mol. The van der Waals surface area contributed by atoms with E-state index in [1.165, 1.54) is 16.7 Å². The SMILES string of the molecule is CNCCC(c1ccc(C)cc1)c1ccc(OC)cc1. The highest BCUT2D eigenvalue weighted by molar-refractivity contribution is 5.37. The van der Waals surface area contributed by atoms with Crippen molar-refractivity contribution in [1.29, 1.82) is 0 Å². The van der Waals surface area contributed by atoms with Crippen LogP contribution in [0.5, 0.6) is 5.75 Å². The van der Waals surface area contributed by atoms with Gasteiger partial charge in [-0.15, -0.1) is 0 Å². The van der Waals surface area contributed by atoms with Crippen molar-refractivity contribution in [2.45, 2.75) is 19.3 Å². The van der Waals surface area contributed by atoms with Gasteiger partial charge in [0.05, 0.1) is 7.11 Å². The maximum Gasteiger partial charge on any atom is 0.118 e. The molecule has 0 spiro atoms.